The minimum Gasteiger partial charge on any atom is -0.354 e. The number of unbranched alkanes of at least 4 members (excludes halogenated alkanes) is 1. The molecule has 1 fully saturated rings. The van der Waals surface area contributed by atoms with Gasteiger partial charge in [-0.1, -0.05) is 12.8 Å². The summed E-state index contributed by atoms with van der Waals surface area (Å²) in [6.07, 6.45) is 6.00. The Hall–Kier alpha value is -0.650. The maximum absolute atomic E-state index is 5.75. The second-order valence-corrected chi connectivity index (χ2v) is 8.46. The average Bonchev–Trinajstić information content (AvgIpc) is 2.33. The second kappa shape index (κ2) is 7.49. The number of nitrogens with one attached hydrogen (secondary N) is 2. The molecular formula is C16H27Cl2N5. The molecule has 1 aromatic heterocycles. The Bertz CT molecular complexity index is 497. The van der Waals surface area contributed by atoms with Crippen molar-refractivity contribution in [1.29, 1.82) is 0 Å². The van der Waals surface area contributed by atoms with Crippen LogP contribution in [0.5, 0.6) is 0 Å². The number of nitrogens with zero attached hydrogens (tertiary/aromatic N) is 3. The third kappa shape index (κ3) is 6.40. The van der Waals surface area contributed by atoms with Crippen LogP contribution in [-0.2, 0) is 0 Å². The summed E-state index contributed by atoms with van der Waals surface area (Å²) in [5.41, 5.74) is 0.450. The van der Waals surface area contributed by atoms with Gasteiger partial charge in [0.1, 0.15) is 0 Å². The van der Waals surface area contributed by atoms with Crippen LogP contribution in [0.4, 0.5) is 5.95 Å². The smallest absolute Gasteiger partial charge is 0.228 e. The monoisotopic (exact) mass is 359 g/mol. The van der Waals surface area contributed by atoms with Gasteiger partial charge in [0, 0.05) is 17.6 Å². The zero-order valence-corrected chi connectivity index (χ0v) is 15.9. The molecule has 2 N–H and O–H groups in total. The van der Waals surface area contributed by atoms with Crippen LogP contribution in [0.15, 0.2) is 0 Å². The molecule has 23 heavy (non-hydrogen) atoms. The van der Waals surface area contributed by atoms with Gasteiger partial charge in [-0.25, -0.2) is 0 Å². The average molecular weight is 360 g/mol. The van der Waals surface area contributed by atoms with Crippen molar-refractivity contribution in [2.24, 2.45) is 5.92 Å². The van der Waals surface area contributed by atoms with E-state index in [1.165, 1.54) is 25.7 Å². The number of rotatable bonds is 6. The summed E-state index contributed by atoms with van der Waals surface area (Å²) in [6.45, 7) is 10.0. The van der Waals surface area contributed by atoms with Crippen molar-refractivity contribution in [3.63, 3.8) is 0 Å². The Kier molecular flexibility index (Phi) is 6.09. The van der Waals surface area contributed by atoms with Crippen LogP contribution in [0.25, 0.3) is 0 Å². The summed E-state index contributed by atoms with van der Waals surface area (Å²) in [6, 6.07) is 0. The molecular weight excluding hydrogens is 333 g/mol. The number of halogens is 2. The van der Waals surface area contributed by atoms with Crippen LogP contribution < -0.4 is 10.6 Å². The van der Waals surface area contributed by atoms with E-state index < -0.39 is 0 Å². The third-order valence-electron chi connectivity index (χ3n) is 4.18. The summed E-state index contributed by atoms with van der Waals surface area (Å²) in [5.74, 6) is 1.22. The molecule has 0 aliphatic carbocycles. The van der Waals surface area contributed by atoms with Crippen LogP contribution in [0.2, 0.25) is 10.6 Å². The first-order chi connectivity index (χ1) is 10.7. The molecule has 0 aromatic carbocycles. The van der Waals surface area contributed by atoms with Crippen LogP contribution in [0, 0.1) is 5.92 Å². The topological polar surface area (TPSA) is 62.7 Å². The Morgan fingerprint density at radius 3 is 2.13 bits per heavy atom. The minimum atomic E-state index is 0.117. The molecule has 1 saturated heterocycles. The fourth-order valence-electron chi connectivity index (χ4n) is 3.90. The molecule has 2 heterocycles. The molecule has 0 atom stereocenters. The summed E-state index contributed by atoms with van der Waals surface area (Å²) in [5, 5.41) is 7.12. The Morgan fingerprint density at radius 1 is 1.00 bits per heavy atom. The van der Waals surface area contributed by atoms with Gasteiger partial charge >= 0.3 is 0 Å². The van der Waals surface area contributed by atoms with Crippen LogP contribution >= 0.6 is 23.2 Å². The first-order valence-electron chi connectivity index (χ1n) is 8.26. The first kappa shape index (κ1) is 18.7. The van der Waals surface area contributed by atoms with Gasteiger partial charge < -0.3 is 10.6 Å². The molecule has 0 radical (unpaired) electrons. The van der Waals surface area contributed by atoms with Crippen molar-refractivity contribution in [1.82, 2.24) is 20.3 Å². The predicted octanol–water partition coefficient (Wildman–Crippen LogP) is 4.32. The Labute approximate surface area is 149 Å². The Morgan fingerprint density at radius 2 is 1.57 bits per heavy atom. The molecule has 130 valence electrons. The number of anilines is 1. The lowest BCUT2D eigenvalue weighted by Gasteiger charge is -2.46. The fraction of sp³-hybridized carbons (Fsp3) is 0.812. The van der Waals surface area contributed by atoms with E-state index >= 15 is 0 Å². The van der Waals surface area contributed by atoms with Gasteiger partial charge in [-0.05, 0) is 76.1 Å². The molecule has 0 saturated carbocycles. The summed E-state index contributed by atoms with van der Waals surface area (Å²) < 4.78 is 0. The lowest BCUT2D eigenvalue weighted by molar-refractivity contribution is 0.122. The highest BCUT2D eigenvalue weighted by molar-refractivity contribution is 6.31. The molecule has 1 aliphatic heterocycles. The standard InChI is InChI=1S/C16H27Cl2N5/c1-15(2)9-11(10-16(3,4)23-15)7-5-6-8-19-14-21-12(17)20-13(18)22-14/h11,23H,5-10H2,1-4H3,(H,19,20,21,22). The summed E-state index contributed by atoms with van der Waals surface area (Å²) in [7, 11) is 0. The van der Waals surface area contributed by atoms with E-state index in [0.717, 1.165) is 18.9 Å². The second-order valence-electron chi connectivity index (χ2n) is 7.79. The van der Waals surface area contributed by atoms with Gasteiger partial charge in [-0.2, -0.15) is 15.0 Å². The van der Waals surface area contributed by atoms with E-state index in [1.54, 1.807) is 0 Å². The van der Waals surface area contributed by atoms with E-state index in [4.69, 9.17) is 23.2 Å². The highest BCUT2D eigenvalue weighted by atomic mass is 35.5. The Balaban J connectivity index is 1.71. The summed E-state index contributed by atoms with van der Waals surface area (Å²) in [4.78, 5) is 11.7. The van der Waals surface area contributed by atoms with Crippen molar-refractivity contribution in [3.05, 3.63) is 10.6 Å². The van der Waals surface area contributed by atoms with E-state index in [1.807, 2.05) is 0 Å². The van der Waals surface area contributed by atoms with Gasteiger partial charge in [0.15, 0.2) is 0 Å². The van der Waals surface area contributed by atoms with Crippen LogP contribution in [-0.4, -0.2) is 32.6 Å². The quantitative estimate of drug-likeness (QED) is 0.740. The third-order valence-corrected chi connectivity index (χ3v) is 4.52. The molecule has 1 aliphatic rings. The van der Waals surface area contributed by atoms with Gasteiger partial charge in [-0.3, -0.25) is 0 Å². The van der Waals surface area contributed by atoms with Crippen molar-refractivity contribution in [2.45, 2.75) is 70.9 Å². The summed E-state index contributed by atoms with van der Waals surface area (Å²) >= 11 is 11.5. The molecule has 0 unspecified atom stereocenters. The van der Waals surface area contributed by atoms with E-state index in [-0.39, 0.29) is 21.6 Å². The first-order valence-corrected chi connectivity index (χ1v) is 9.01. The minimum absolute atomic E-state index is 0.117. The fourth-order valence-corrected chi connectivity index (χ4v) is 4.26. The van der Waals surface area contributed by atoms with E-state index in [2.05, 4.69) is 53.3 Å². The molecule has 0 bridgehead atoms. The number of aromatic nitrogens is 3. The highest BCUT2D eigenvalue weighted by Crippen LogP contribution is 2.35. The lowest BCUT2D eigenvalue weighted by Crippen LogP contribution is -2.57. The maximum atomic E-state index is 5.75. The molecule has 5 nitrogen and oxygen atoms in total. The molecule has 0 amide bonds. The highest BCUT2D eigenvalue weighted by Gasteiger charge is 2.36. The predicted molar refractivity (Wildman–Crippen MR) is 96.2 cm³/mol. The lowest BCUT2D eigenvalue weighted by atomic mass is 9.74. The van der Waals surface area contributed by atoms with E-state index in [0.29, 0.717) is 5.95 Å². The van der Waals surface area contributed by atoms with Crippen molar-refractivity contribution in [3.8, 4) is 0 Å². The zero-order chi connectivity index (χ0) is 17.1. The van der Waals surface area contributed by atoms with Gasteiger partial charge in [0.2, 0.25) is 16.5 Å². The zero-order valence-electron chi connectivity index (χ0n) is 14.4. The van der Waals surface area contributed by atoms with Crippen LogP contribution in [0.1, 0.15) is 59.8 Å². The number of hydrogen-bond donors (Lipinski definition) is 2. The molecule has 1 aromatic rings. The number of hydrogen-bond acceptors (Lipinski definition) is 5. The van der Waals surface area contributed by atoms with Crippen molar-refractivity contribution < 1.29 is 0 Å². The molecule has 7 heteroatoms. The van der Waals surface area contributed by atoms with Crippen LogP contribution in [0.3, 0.4) is 0 Å². The van der Waals surface area contributed by atoms with E-state index in [9.17, 15) is 0 Å². The van der Waals surface area contributed by atoms with Gasteiger partial charge in [-0.15, -0.1) is 0 Å². The maximum Gasteiger partial charge on any atom is 0.228 e. The SMILES string of the molecule is CC1(C)CC(CCCCNc2nc(Cl)nc(Cl)n2)CC(C)(C)N1. The molecule has 0 spiro atoms. The molecule has 2 rings (SSSR count). The van der Waals surface area contributed by atoms with Crippen molar-refractivity contribution in [2.75, 3.05) is 11.9 Å². The largest absolute Gasteiger partial charge is 0.354 e. The number of piperidine rings is 1. The normalized spacial score (nSPS) is 20.4. The van der Waals surface area contributed by atoms with Crippen molar-refractivity contribution >= 4 is 29.2 Å². The van der Waals surface area contributed by atoms with Gasteiger partial charge in [0.05, 0.1) is 0 Å². The van der Waals surface area contributed by atoms with Gasteiger partial charge in [0.25, 0.3) is 0 Å².